The van der Waals surface area contributed by atoms with Crippen LogP contribution in [0.25, 0.3) is 0 Å². The molecule has 0 spiro atoms. The summed E-state index contributed by atoms with van der Waals surface area (Å²) in [5, 5.41) is 8.86. The molecule has 1 N–H and O–H groups in total. The Morgan fingerprint density at radius 2 is 2.18 bits per heavy atom. The molecule has 1 atom stereocenters. The van der Waals surface area contributed by atoms with Gasteiger partial charge in [0.2, 0.25) is 0 Å². The molecule has 94 valence electrons. The molecule has 0 bridgehead atoms. The van der Waals surface area contributed by atoms with Crippen LogP contribution in [0.2, 0.25) is 0 Å². The molecular formula is C14H20O3. The van der Waals surface area contributed by atoms with E-state index >= 15 is 0 Å². The number of carbonyl (C=O) groups is 1. The van der Waals surface area contributed by atoms with Gasteiger partial charge >= 0.3 is 5.97 Å². The minimum atomic E-state index is -0.889. The van der Waals surface area contributed by atoms with Crippen LogP contribution in [-0.2, 0) is 11.3 Å². The normalized spacial score (nSPS) is 12.4. The van der Waals surface area contributed by atoms with Crippen molar-refractivity contribution in [3.05, 3.63) is 34.9 Å². The Kier molecular flexibility index (Phi) is 5.16. The third-order valence-corrected chi connectivity index (χ3v) is 2.81. The maximum Gasteiger partial charge on any atom is 0.335 e. The van der Waals surface area contributed by atoms with Crippen LogP contribution in [0.3, 0.4) is 0 Å². The first-order valence-corrected chi connectivity index (χ1v) is 5.99. The Bertz CT molecular complexity index is 385. The lowest BCUT2D eigenvalue weighted by Crippen LogP contribution is -2.08. The summed E-state index contributed by atoms with van der Waals surface area (Å²) < 4.78 is 5.70. The van der Waals surface area contributed by atoms with Crippen LogP contribution in [-0.4, -0.2) is 17.2 Å². The zero-order valence-electron chi connectivity index (χ0n) is 10.7. The van der Waals surface area contributed by atoms with Gasteiger partial charge in [-0.25, -0.2) is 4.79 Å². The van der Waals surface area contributed by atoms with Gasteiger partial charge in [-0.1, -0.05) is 19.4 Å². The molecule has 1 unspecified atom stereocenters. The monoisotopic (exact) mass is 236 g/mol. The highest BCUT2D eigenvalue weighted by atomic mass is 16.5. The van der Waals surface area contributed by atoms with Crippen LogP contribution in [0.4, 0.5) is 0 Å². The van der Waals surface area contributed by atoms with E-state index in [9.17, 15) is 4.79 Å². The second-order valence-corrected chi connectivity index (χ2v) is 4.36. The van der Waals surface area contributed by atoms with Crippen molar-refractivity contribution in [2.24, 2.45) is 0 Å². The van der Waals surface area contributed by atoms with E-state index in [1.165, 1.54) is 0 Å². The maximum absolute atomic E-state index is 10.8. The summed E-state index contributed by atoms with van der Waals surface area (Å²) in [6.45, 7) is 6.65. The van der Waals surface area contributed by atoms with Crippen LogP contribution in [0, 0.1) is 6.92 Å². The number of hydrogen-bond donors (Lipinski definition) is 1. The Hall–Kier alpha value is -1.35. The summed E-state index contributed by atoms with van der Waals surface area (Å²) in [5.74, 6) is -0.889. The quantitative estimate of drug-likeness (QED) is 0.823. The molecule has 0 aliphatic rings. The number of hydrogen-bond acceptors (Lipinski definition) is 2. The van der Waals surface area contributed by atoms with E-state index in [1.807, 2.05) is 13.0 Å². The third-order valence-electron chi connectivity index (χ3n) is 2.81. The predicted octanol–water partition coefficient (Wildman–Crippen LogP) is 3.40. The van der Waals surface area contributed by atoms with Crippen molar-refractivity contribution in [3.8, 4) is 0 Å². The lowest BCUT2D eigenvalue weighted by molar-refractivity contribution is 0.0468. The summed E-state index contributed by atoms with van der Waals surface area (Å²) in [7, 11) is 0. The molecule has 3 nitrogen and oxygen atoms in total. The van der Waals surface area contributed by atoms with Crippen molar-refractivity contribution in [2.45, 2.75) is 46.3 Å². The number of ether oxygens (including phenoxy) is 1. The summed E-state index contributed by atoms with van der Waals surface area (Å²) >= 11 is 0. The smallest absolute Gasteiger partial charge is 0.335 e. The van der Waals surface area contributed by atoms with Gasteiger partial charge in [0.25, 0.3) is 0 Å². The molecule has 0 saturated carbocycles. The van der Waals surface area contributed by atoms with Gasteiger partial charge in [-0.2, -0.15) is 0 Å². The molecule has 1 aromatic carbocycles. The number of rotatable bonds is 6. The molecule has 0 fully saturated rings. The van der Waals surface area contributed by atoms with Gasteiger partial charge in [-0.3, -0.25) is 0 Å². The zero-order chi connectivity index (χ0) is 12.8. The maximum atomic E-state index is 10.8. The summed E-state index contributed by atoms with van der Waals surface area (Å²) in [6, 6.07) is 5.14. The number of carboxylic acids is 1. The minimum absolute atomic E-state index is 0.249. The number of aromatic carboxylic acids is 1. The van der Waals surface area contributed by atoms with Gasteiger partial charge < -0.3 is 9.84 Å². The molecule has 0 saturated heterocycles. The standard InChI is InChI=1S/C14H20O3/c1-4-5-11(3)17-9-13-7-6-12(14(15)16)8-10(13)2/h6-8,11H,4-5,9H2,1-3H3,(H,15,16). The fourth-order valence-corrected chi connectivity index (χ4v) is 1.71. The molecule has 0 heterocycles. The highest BCUT2D eigenvalue weighted by Gasteiger charge is 2.07. The van der Waals surface area contributed by atoms with E-state index in [1.54, 1.807) is 12.1 Å². The molecule has 17 heavy (non-hydrogen) atoms. The summed E-state index contributed by atoms with van der Waals surface area (Å²) in [4.78, 5) is 10.8. The first-order chi connectivity index (χ1) is 8.04. The topological polar surface area (TPSA) is 46.5 Å². The SMILES string of the molecule is CCCC(C)OCc1ccc(C(=O)O)cc1C. The van der Waals surface area contributed by atoms with E-state index in [4.69, 9.17) is 9.84 Å². The van der Waals surface area contributed by atoms with Gasteiger partial charge in [0.1, 0.15) is 0 Å². The van der Waals surface area contributed by atoms with E-state index < -0.39 is 5.97 Å². The van der Waals surface area contributed by atoms with E-state index in [0.29, 0.717) is 12.2 Å². The molecule has 0 radical (unpaired) electrons. The highest BCUT2D eigenvalue weighted by molar-refractivity contribution is 5.87. The van der Waals surface area contributed by atoms with Crippen LogP contribution >= 0.6 is 0 Å². The molecule has 1 aromatic rings. The van der Waals surface area contributed by atoms with Crippen LogP contribution in [0.5, 0.6) is 0 Å². The fourth-order valence-electron chi connectivity index (χ4n) is 1.71. The number of aryl methyl sites for hydroxylation is 1. The average molecular weight is 236 g/mol. The van der Waals surface area contributed by atoms with Crippen molar-refractivity contribution in [3.63, 3.8) is 0 Å². The molecule has 1 rings (SSSR count). The first-order valence-electron chi connectivity index (χ1n) is 5.99. The van der Waals surface area contributed by atoms with Gasteiger partial charge in [0, 0.05) is 0 Å². The minimum Gasteiger partial charge on any atom is -0.478 e. The molecule has 3 heteroatoms. The summed E-state index contributed by atoms with van der Waals surface area (Å²) in [6.07, 6.45) is 2.41. The van der Waals surface area contributed by atoms with E-state index in [2.05, 4.69) is 13.8 Å². The molecule has 0 amide bonds. The summed E-state index contributed by atoms with van der Waals surface area (Å²) in [5.41, 5.74) is 2.35. The van der Waals surface area contributed by atoms with Crippen molar-refractivity contribution in [2.75, 3.05) is 0 Å². The van der Waals surface area contributed by atoms with E-state index in [0.717, 1.165) is 24.0 Å². The molecular weight excluding hydrogens is 216 g/mol. The van der Waals surface area contributed by atoms with E-state index in [-0.39, 0.29) is 6.10 Å². The van der Waals surface area contributed by atoms with Crippen molar-refractivity contribution in [1.82, 2.24) is 0 Å². The Morgan fingerprint density at radius 3 is 2.71 bits per heavy atom. The van der Waals surface area contributed by atoms with Gasteiger partial charge in [0.15, 0.2) is 0 Å². The van der Waals surface area contributed by atoms with Gasteiger partial charge in [0.05, 0.1) is 18.3 Å². The average Bonchev–Trinajstić information content (AvgIpc) is 2.27. The highest BCUT2D eigenvalue weighted by Crippen LogP contribution is 2.14. The Morgan fingerprint density at radius 1 is 1.47 bits per heavy atom. The number of benzene rings is 1. The van der Waals surface area contributed by atoms with Crippen LogP contribution < -0.4 is 0 Å². The first kappa shape index (κ1) is 13.7. The lowest BCUT2D eigenvalue weighted by atomic mass is 10.1. The van der Waals surface area contributed by atoms with Crippen LogP contribution in [0.1, 0.15) is 48.2 Å². The predicted molar refractivity (Wildman–Crippen MR) is 67.3 cm³/mol. The van der Waals surface area contributed by atoms with Gasteiger partial charge in [-0.15, -0.1) is 0 Å². The third kappa shape index (κ3) is 4.19. The molecule has 0 aliphatic carbocycles. The second kappa shape index (κ2) is 6.40. The van der Waals surface area contributed by atoms with Crippen molar-refractivity contribution >= 4 is 5.97 Å². The van der Waals surface area contributed by atoms with Crippen LogP contribution in [0.15, 0.2) is 18.2 Å². The van der Waals surface area contributed by atoms with Gasteiger partial charge in [-0.05, 0) is 43.5 Å². The molecule has 0 aromatic heterocycles. The number of carboxylic acid groups (broad SMARTS) is 1. The lowest BCUT2D eigenvalue weighted by Gasteiger charge is -2.13. The second-order valence-electron chi connectivity index (χ2n) is 4.36. The Balaban J connectivity index is 2.63. The largest absolute Gasteiger partial charge is 0.478 e. The molecule has 0 aliphatic heterocycles. The Labute approximate surface area is 102 Å². The fraction of sp³-hybridized carbons (Fsp3) is 0.500. The van der Waals surface area contributed by atoms with Crippen molar-refractivity contribution in [1.29, 1.82) is 0 Å². The zero-order valence-corrected chi connectivity index (χ0v) is 10.7. The van der Waals surface area contributed by atoms with Crippen molar-refractivity contribution < 1.29 is 14.6 Å².